The molecule has 0 bridgehead atoms. The van der Waals surface area contributed by atoms with Gasteiger partial charge in [-0.05, 0) is 61.4 Å². The van der Waals surface area contributed by atoms with Crippen molar-refractivity contribution in [2.45, 2.75) is 13.8 Å². The number of rotatable bonds is 8. The van der Waals surface area contributed by atoms with Crippen LogP contribution in [0, 0.1) is 22.7 Å². The fraction of sp³-hybridized carbons (Fsp3) is 0.259. The van der Waals surface area contributed by atoms with E-state index in [4.69, 9.17) is 9.47 Å². The molecule has 0 unspecified atom stereocenters. The first kappa shape index (κ1) is 25.1. The summed E-state index contributed by atoms with van der Waals surface area (Å²) in [5, 5.41) is 18.4. The van der Waals surface area contributed by atoms with E-state index in [0.29, 0.717) is 6.67 Å². The van der Waals surface area contributed by atoms with E-state index < -0.39 is 11.9 Å². The van der Waals surface area contributed by atoms with Crippen molar-refractivity contribution in [3.63, 3.8) is 0 Å². The van der Waals surface area contributed by atoms with Gasteiger partial charge in [-0.25, -0.2) is 9.59 Å². The summed E-state index contributed by atoms with van der Waals surface area (Å²) < 4.78 is 9.79. The van der Waals surface area contributed by atoms with Gasteiger partial charge in [0.1, 0.15) is 23.3 Å². The maximum Gasteiger partial charge on any atom is 0.348 e. The normalized spacial score (nSPS) is 13.7. The summed E-state index contributed by atoms with van der Waals surface area (Å²) in [5.74, 6) is -1.25. The molecule has 1 aliphatic heterocycles. The van der Waals surface area contributed by atoms with Crippen molar-refractivity contribution >= 4 is 35.5 Å². The average Bonchev–Trinajstić information content (AvgIpc) is 3.37. The number of benzene rings is 2. The Morgan fingerprint density at radius 2 is 1.14 bits per heavy atom. The monoisotopic (exact) mass is 470 g/mol. The van der Waals surface area contributed by atoms with Crippen LogP contribution >= 0.6 is 0 Å². The Labute approximate surface area is 204 Å². The first-order valence-corrected chi connectivity index (χ1v) is 11.3. The minimum Gasteiger partial charge on any atom is -0.462 e. The topological polar surface area (TPSA) is 107 Å². The van der Waals surface area contributed by atoms with Crippen LogP contribution in [0.2, 0.25) is 0 Å². The van der Waals surface area contributed by atoms with Crippen LogP contribution in [-0.4, -0.2) is 44.9 Å². The molecule has 0 saturated carbocycles. The second kappa shape index (κ2) is 12.1. The molecule has 1 heterocycles. The summed E-state index contributed by atoms with van der Waals surface area (Å²) in [4.78, 5) is 28.1. The van der Waals surface area contributed by atoms with Crippen LogP contribution in [0.4, 0.5) is 11.4 Å². The van der Waals surface area contributed by atoms with Gasteiger partial charge in [0.2, 0.25) is 0 Å². The molecule has 0 aliphatic carbocycles. The SMILES string of the molecule is CCOC(=O)/C(C#N)=C/c1ccc(N2CCN(c3ccc(/C=C(\C#N)C(=O)OCC)cc3)C2)cc1. The lowest BCUT2D eigenvalue weighted by atomic mass is 10.1. The van der Waals surface area contributed by atoms with Crippen LogP contribution in [0.15, 0.2) is 59.7 Å². The highest BCUT2D eigenvalue weighted by Crippen LogP contribution is 2.25. The van der Waals surface area contributed by atoms with Crippen LogP contribution in [0.25, 0.3) is 12.2 Å². The number of carbonyl (C=O) groups is 2. The van der Waals surface area contributed by atoms with Crippen molar-refractivity contribution in [1.29, 1.82) is 10.5 Å². The number of anilines is 2. The highest BCUT2D eigenvalue weighted by Gasteiger charge is 2.20. The number of hydrogen-bond acceptors (Lipinski definition) is 8. The Hall–Kier alpha value is -4.56. The van der Waals surface area contributed by atoms with E-state index in [1.807, 2.05) is 60.7 Å². The zero-order valence-corrected chi connectivity index (χ0v) is 19.7. The van der Waals surface area contributed by atoms with Crippen LogP contribution in [0.3, 0.4) is 0 Å². The maximum absolute atomic E-state index is 11.8. The Kier molecular flexibility index (Phi) is 8.64. The number of carbonyl (C=O) groups excluding carboxylic acids is 2. The molecule has 0 radical (unpaired) electrons. The minimum atomic E-state index is -0.625. The molecule has 0 amide bonds. The molecule has 2 aromatic rings. The lowest BCUT2D eigenvalue weighted by Gasteiger charge is -2.21. The number of esters is 2. The fourth-order valence-corrected chi connectivity index (χ4v) is 3.60. The third-order valence-electron chi connectivity index (χ3n) is 5.35. The van der Waals surface area contributed by atoms with Gasteiger partial charge in [-0.2, -0.15) is 10.5 Å². The van der Waals surface area contributed by atoms with E-state index in [-0.39, 0.29) is 24.4 Å². The Morgan fingerprint density at radius 3 is 1.46 bits per heavy atom. The predicted octanol–water partition coefficient (Wildman–Crippen LogP) is 3.91. The molecular weight excluding hydrogens is 444 g/mol. The Bertz CT molecular complexity index is 1110. The van der Waals surface area contributed by atoms with Gasteiger partial charge in [-0.3, -0.25) is 0 Å². The summed E-state index contributed by atoms with van der Waals surface area (Å²) in [6.07, 6.45) is 3.04. The van der Waals surface area contributed by atoms with E-state index >= 15 is 0 Å². The molecule has 1 aliphatic rings. The molecule has 0 spiro atoms. The molecule has 1 fully saturated rings. The molecule has 35 heavy (non-hydrogen) atoms. The van der Waals surface area contributed by atoms with Gasteiger partial charge in [0, 0.05) is 24.5 Å². The molecule has 8 heteroatoms. The zero-order valence-electron chi connectivity index (χ0n) is 19.7. The molecule has 8 nitrogen and oxygen atoms in total. The summed E-state index contributed by atoms with van der Waals surface area (Å²) in [5.41, 5.74) is 3.50. The second-order valence-electron chi connectivity index (χ2n) is 7.63. The van der Waals surface area contributed by atoms with Crippen LogP contribution < -0.4 is 9.80 Å². The van der Waals surface area contributed by atoms with Crippen molar-refractivity contribution < 1.29 is 19.1 Å². The fourth-order valence-electron chi connectivity index (χ4n) is 3.60. The van der Waals surface area contributed by atoms with Crippen molar-refractivity contribution in [1.82, 2.24) is 0 Å². The molecule has 1 saturated heterocycles. The highest BCUT2D eigenvalue weighted by atomic mass is 16.5. The van der Waals surface area contributed by atoms with E-state index in [2.05, 4.69) is 9.80 Å². The number of hydrogen-bond donors (Lipinski definition) is 0. The molecular formula is C27H26N4O4. The van der Waals surface area contributed by atoms with Gasteiger partial charge in [0.25, 0.3) is 0 Å². The van der Waals surface area contributed by atoms with E-state index in [1.54, 1.807) is 13.8 Å². The third kappa shape index (κ3) is 6.49. The summed E-state index contributed by atoms with van der Waals surface area (Å²) in [6, 6.07) is 19.1. The van der Waals surface area contributed by atoms with Crippen LogP contribution in [0.5, 0.6) is 0 Å². The average molecular weight is 471 g/mol. The number of ether oxygens (including phenoxy) is 2. The van der Waals surface area contributed by atoms with Gasteiger partial charge >= 0.3 is 11.9 Å². The molecule has 178 valence electrons. The summed E-state index contributed by atoms with van der Waals surface area (Å²) in [6.45, 7) is 6.21. The van der Waals surface area contributed by atoms with Gasteiger partial charge in [0.05, 0.1) is 19.9 Å². The van der Waals surface area contributed by atoms with Crippen LogP contribution in [0.1, 0.15) is 25.0 Å². The predicted molar refractivity (Wildman–Crippen MR) is 133 cm³/mol. The Balaban J connectivity index is 1.65. The molecule has 3 rings (SSSR count). The quantitative estimate of drug-likeness (QED) is 0.325. The van der Waals surface area contributed by atoms with Crippen molar-refractivity contribution in [3.05, 3.63) is 70.8 Å². The summed E-state index contributed by atoms with van der Waals surface area (Å²) in [7, 11) is 0. The zero-order chi connectivity index (χ0) is 25.2. The van der Waals surface area contributed by atoms with Gasteiger partial charge in [-0.15, -0.1) is 0 Å². The second-order valence-corrected chi connectivity index (χ2v) is 7.63. The van der Waals surface area contributed by atoms with E-state index in [9.17, 15) is 20.1 Å². The summed E-state index contributed by atoms with van der Waals surface area (Å²) >= 11 is 0. The molecule has 0 N–H and O–H groups in total. The van der Waals surface area contributed by atoms with E-state index in [0.717, 1.165) is 35.6 Å². The first-order chi connectivity index (χ1) is 17.0. The largest absolute Gasteiger partial charge is 0.462 e. The standard InChI is InChI=1S/C27H26N4O4/c1-3-34-26(32)22(17-28)15-20-5-9-24(10-6-20)30-13-14-31(19-30)25-11-7-21(8-12-25)16-23(18-29)27(33)35-4-2/h5-12,15-16H,3-4,13-14,19H2,1-2H3/b22-15+,23-16+. The smallest absolute Gasteiger partial charge is 0.348 e. The van der Waals surface area contributed by atoms with Gasteiger partial charge < -0.3 is 19.3 Å². The maximum atomic E-state index is 11.8. The van der Waals surface area contributed by atoms with Crippen LogP contribution in [-0.2, 0) is 19.1 Å². The highest BCUT2D eigenvalue weighted by molar-refractivity contribution is 5.98. The van der Waals surface area contributed by atoms with E-state index in [1.165, 1.54) is 12.2 Å². The molecule has 0 aromatic heterocycles. The lowest BCUT2D eigenvalue weighted by molar-refractivity contribution is -0.138. The third-order valence-corrected chi connectivity index (χ3v) is 5.35. The molecule has 0 atom stereocenters. The van der Waals surface area contributed by atoms with Gasteiger partial charge in [-0.1, -0.05) is 24.3 Å². The first-order valence-electron chi connectivity index (χ1n) is 11.3. The Morgan fingerprint density at radius 1 is 0.771 bits per heavy atom. The van der Waals surface area contributed by atoms with Crippen molar-refractivity contribution in [3.8, 4) is 12.1 Å². The van der Waals surface area contributed by atoms with Crippen molar-refractivity contribution in [2.24, 2.45) is 0 Å². The number of nitrogens with zero attached hydrogens (tertiary/aromatic N) is 4. The molecule has 2 aromatic carbocycles. The minimum absolute atomic E-state index is 0.0330. The number of nitriles is 2. The van der Waals surface area contributed by atoms with Crippen molar-refractivity contribution in [2.75, 3.05) is 42.8 Å². The lowest BCUT2D eigenvalue weighted by Crippen LogP contribution is -2.24. The van der Waals surface area contributed by atoms with Gasteiger partial charge in [0.15, 0.2) is 0 Å².